The maximum atomic E-state index is 9.82. The fourth-order valence-corrected chi connectivity index (χ4v) is 0.481. The summed E-state index contributed by atoms with van der Waals surface area (Å²) in [5.74, 6) is 0.303. The highest BCUT2D eigenvalue weighted by atomic mass is 16.1. The molecule has 0 spiro atoms. The number of rotatable bonds is 2. The molecule has 0 N–H and O–H groups in total. The summed E-state index contributed by atoms with van der Waals surface area (Å²) in [7, 11) is 0. The Bertz CT molecular complexity index is 133. The molecule has 7 heavy (non-hydrogen) atoms. The maximum Gasteiger partial charge on any atom is 0.146 e. The van der Waals surface area contributed by atoms with Crippen molar-refractivity contribution in [2.75, 3.05) is 0 Å². The molecule has 0 aromatic rings. The van der Waals surface area contributed by atoms with Gasteiger partial charge in [-0.2, -0.15) is 0 Å². The molecule has 1 nitrogen and oxygen atoms in total. The van der Waals surface area contributed by atoms with Crippen LogP contribution in [0.5, 0.6) is 0 Å². The van der Waals surface area contributed by atoms with Crippen molar-refractivity contribution in [3.05, 3.63) is 24.3 Å². The minimum absolute atomic E-state index is 0.303. The third-order valence-corrected chi connectivity index (χ3v) is 1.04. The standard InChI is InChI=1S/C6H6O/c1-2-5-3-6(5)4-7/h2-5H,1H2/t5-/m1/s1. The molecule has 0 aliphatic heterocycles. The van der Waals surface area contributed by atoms with E-state index >= 15 is 0 Å². The van der Waals surface area contributed by atoms with Gasteiger partial charge in [0.25, 0.3) is 0 Å². The lowest BCUT2D eigenvalue weighted by Gasteiger charge is -1.74. The first-order valence-corrected chi connectivity index (χ1v) is 2.18. The molecule has 1 aliphatic carbocycles. The third kappa shape index (κ3) is 0.610. The zero-order chi connectivity index (χ0) is 5.28. The van der Waals surface area contributed by atoms with E-state index in [1.54, 1.807) is 6.08 Å². The lowest BCUT2D eigenvalue weighted by molar-refractivity contribution is -0.104. The molecule has 0 aromatic carbocycles. The van der Waals surface area contributed by atoms with Gasteiger partial charge in [-0.05, 0) is 5.57 Å². The number of aldehydes is 1. The molecular weight excluding hydrogens is 88.1 g/mol. The summed E-state index contributed by atoms with van der Waals surface area (Å²) in [6.45, 7) is 3.51. The second-order valence-corrected chi connectivity index (χ2v) is 1.55. The predicted octanol–water partition coefficient (Wildman–Crippen LogP) is 0.927. The van der Waals surface area contributed by atoms with Crippen molar-refractivity contribution < 1.29 is 4.79 Å². The van der Waals surface area contributed by atoms with E-state index in [0.717, 1.165) is 11.9 Å². The average Bonchev–Trinajstić information content (AvgIpc) is 2.43. The zero-order valence-corrected chi connectivity index (χ0v) is 3.92. The molecule has 0 heterocycles. The minimum atomic E-state index is 0.303. The molecule has 0 saturated carbocycles. The van der Waals surface area contributed by atoms with E-state index in [4.69, 9.17) is 0 Å². The van der Waals surface area contributed by atoms with E-state index in [1.807, 2.05) is 6.08 Å². The van der Waals surface area contributed by atoms with Crippen LogP contribution < -0.4 is 0 Å². The summed E-state index contributed by atoms with van der Waals surface area (Å²) in [6.07, 6.45) is 4.50. The molecule has 0 unspecified atom stereocenters. The van der Waals surface area contributed by atoms with Gasteiger partial charge in [0, 0.05) is 5.92 Å². The van der Waals surface area contributed by atoms with Crippen molar-refractivity contribution in [3.8, 4) is 0 Å². The summed E-state index contributed by atoms with van der Waals surface area (Å²) in [5.41, 5.74) is 0.870. The highest BCUT2D eigenvalue weighted by molar-refractivity contribution is 5.81. The molecule has 0 bridgehead atoms. The van der Waals surface area contributed by atoms with Gasteiger partial charge in [0.1, 0.15) is 6.29 Å². The first-order valence-electron chi connectivity index (χ1n) is 2.18. The van der Waals surface area contributed by atoms with Crippen LogP contribution in [0.25, 0.3) is 0 Å². The molecule has 0 amide bonds. The summed E-state index contributed by atoms with van der Waals surface area (Å²) < 4.78 is 0. The Morgan fingerprint density at radius 2 is 2.57 bits per heavy atom. The lowest BCUT2D eigenvalue weighted by Crippen LogP contribution is -1.71. The zero-order valence-electron chi connectivity index (χ0n) is 3.92. The van der Waals surface area contributed by atoms with Crippen molar-refractivity contribution in [3.63, 3.8) is 0 Å². The normalized spacial score (nSPS) is 25.7. The van der Waals surface area contributed by atoms with Crippen LogP contribution in [0.4, 0.5) is 0 Å². The van der Waals surface area contributed by atoms with Crippen LogP contribution in [0.1, 0.15) is 0 Å². The van der Waals surface area contributed by atoms with Crippen LogP contribution >= 0.6 is 0 Å². The minimum Gasteiger partial charge on any atom is -0.298 e. The van der Waals surface area contributed by atoms with E-state index < -0.39 is 0 Å². The van der Waals surface area contributed by atoms with Gasteiger partial charge >= 0.3 is 0 Å². The molecule has 0 radical (unpaired) electrons. The molecular formula is C6H6O. The summed E-state index contributed by atoms with van der Waals surface area (Å²) in [4.78, 5) is 9.82. The lowest BCUT2D eigenvalue weighted by atomic mass is 10.3. The molecule has 1 atom stereocenters. The van der Waals surface area contributed by atoms with Crippen molar-refractivity contribution in [1.82, 2.24) is 0 Å². The van der Waals surface area contributed by atoms with Crippen molar-refractivity contribution >= 4 is 6.29 Å². The summed E-state index contributed by atoms with van der Waals surface area (Å²) in [6, 6.07) is 0. The van der Waals surface area contributed by atoms with E-state index in [0.29, 0.717) is 5.92 Å². The van der Waals surface area contributed by atoms with Gasteiger partial charge < -0.3 is 0 Å². The van der Waals surface area contributed by atoms with Crippen molar-refractivity contribution in [2.24, 2.45) is 5.92 Å². The average molecular weight is 94.1 g/mol. The highest BCUT2D eigenvalue weighted by Crippen LogP contribution is 2.26. The number of carbonyl (C=O) groups is 1. The third-order valence-electron chi connectivity index (χ3n) is 1.04. The van der Waals surface area contributed by atoms with Crippen LogP contribution in [0.15, 0.2) is 24.3 Å². The van der Waals surface area contributed by atoms with Crippen LogP contribution in [-0.4, -0.2) is 6.29 Å². The van der Waals surface area contributed by atoms with E-state index in [-0.39, 0.29) is 0 Å². The second kappa shape index (κ2) is 1.34. The molecule has 1 heteroatoms. The van der Waals surface area contributed by atoms with Gasteiger partial charge in [-0.3, -0.25) is 4.79 Å². The van der Waals surface area contributed by atoms with Crippen LogP contribution in [0.3, 0.4) is 0 Å². The largest absolute Gasteiger partial charge is 0.298 e. The fraction of sp³-hybridized carbons (Fsp3) is 0.167. The van der Waals surface area contributed by atoms with E-state index in [9.17, 15) is 4.79 Å². The first kappa shape index (κ1) is 4.31. The van der Waals surface area contributed by atoms with Gasteiger partial charge in [-0.15, -0.1) is 6.58 Å². The first-order chi connectivity index (χ1) is 3.38. The van der Waals surface area contributed by atoms with Gasteiger partial charge in [0.15, 0.2) is 0 Å². The fourth-order valence-electron chi connectivity index (χ4n) is 0.481. The van der Waals surface area contributed by atoms with E-state index in [2.05, 4.69) is 6.58 Å². The SMILES string of the molecule is C=C[C@@H]1C=C1C=O. The molecule has 0 fully saturated rings. The van der Waals surface area contributed by atoms with Gasteiger partial charge in [-0.1, -0.05) is 12.2 Å². The number of allylic oxidation sites excluding steroid dienone is 3. The number of carbonyl (C=O) groups excluding carboxylic acids is 1. The second-order valence-electron chi connectivity index (χ2n) is 1.55. The monoisotopic (exact) mass is 94.0 g/mol. The van der Waals surface area contributed by atoms with Crippen LogP contribution in [-0.2, 0) is 4.79 Å². The van der Waals surface area contributed by atoms with Crippen LogP contribution in [0, 0.1) is 5.92 Å². The quantitative estimate of drug-likeness (QED) is 0.367. The summed E-state index contributed by atoms with van der Waals surface area (Å²) in [5, 5.41) is 0. The smallest absolute Gasteiger partial charge is 0.146 e. The van der Waals surface area contributed by atoms with E-state index in [1.165, 1.54) is 0 Å². The van der Waals surface area contributed by atoms with Gasteiger partial charge in [-0.25, -0.2) is 0 Å². The van der Waals surface area contributed by atoms with Crippen molar-refractivity contribution in [2.45, 2.75) is 0 Å². The van der Waals surface area contributed by atoms with Crippen LogP contribution in [0.2, 0.25) is 0 Å². The van der Waals surface area contributed by atoms with Crippen molar-refractivity contribution in [1.29, 1.82) is 0 Å². The molecule has 0 aromatic heterocycles. The van der Waals surface area contributed by atoms with Gasteiger partial charge in [0.2, 0.25) is 0 Å². The molecule has 0 saturated heterocycles. The highest BCUT2D eigenvalue weighted by Gasteiger charge is 2.18. The molecule has 1 rings (SSSR count). The van der Waals surface area contributed by atoms with Gasteiger partial charge in [0.05, 0.1) is 0 Å². The Morgan fingerprint density at radius 1 is 1.86 bits per heavy atom. The topological polar surface area (TPSA) is 17.1 Å². The Labute approximate surface area is 42.3 Å². The maximum absolute atomic E-state index is 9.82. The molecule has 36 valence electrons. The predicted molar refractivity (Wildman–Crippen MR) is 27.8 cm³/mol. The Kier molecular flexibility index (Phi) is 0.823. The molecule has 1 aliphatic rings. The number of hydrogen-bond acceptors (Lipinski definition) is 1. The Morgan fingerprint density at radius 3 is 2.71 bits per heavy atom. The Hall–Kier alpha value is -0.850. The Balaban J connectivity index is 2.40. The summed E-state index contributed by atoms with van der Waals surface area (Å²) >= 11 is 0. The number of hydrogen-bond donors (Lipinski definition) is 0.